The Bertz CT molecular complexity index is 584. The molecule has 5 heteroatoms. The van der Waals surface area contributed by atoms with Crippen LogP contribution in [0.5, 0.6) is 5.75 Å². The molecule has 0 aromatic heterocycles. The van der Waals surface area contributed by atoms with Crippen molar-refractivity contribution in [1.82, 2.24) is 5.32 Å². The fourth-order valence-corrected chi connectivity index (χ4v) is 1.78. The molecule has 2 aromatic rings. The number of nitrogens with one attached hydrogen (secondary N) is 1. The van der Waals surface area contributed by atoms with E-state index < -0.39 is 17.5 Å². The summed E-state index contributed by atoms with van der Waals surface area (Å²) in [4.78, 5) is 0. The minimum Gasteiger partial charge on any atom is -0.497 e. The summed E-state index contributed by atoms with van der Waals surface area (Å²) in [5.41, 5.74) is 1.08. The molecule has 0 heterocycles. The van der Waals surface area contributed by atoms with Gasteiger partial charge < -0.3 is 10.1 Å². The SMILES string of the molecule is COc1ccc(CNCc2cc(F)c(F)cc2F)cc1. The van der Waals surface area contributed by atoms with Crippen molar-refractivity contribution in [3.63, 3.8) is 0 Å². The molecule has 106 valence electrons. The van der Waals surface area contributed by atoms with E-state index in [0.29, 0.717) is 12.6 Å². The highest BCUT2D eigenvalue weighted by molar-refractivity contribution is 5.27. The van der Waals surface area contributed by atoms with Gasteiger partial charge in [-0.15, -0.1) is 0 Å². The molecule has 0 fully saturated rings. The quantitative estimate of drug-likeness (QED) is 0.848. The molecule has 0 saturated carbocycles. The average molecular weight is 281 g/mol. The van der Waals surface area contributed by atoms with E-state index in [-0.39, 0.29) is 12.1 Å². The fourth-order valence-electron chi connectivity index (χ4n) is 1.78. The second kappa shape index (κ2) is 6.43. The zero-order chi connectivity index (χ0) is 14.5. The van der Waals surface area contributed by atoms with E-state index in [1.807, 2.05) is 24.3 Å². The minimum atomic E-state index is -1.18. The van der Waals surface area contributed by atoms with Crippen molar-refractivity contribution in [2.75, 3.05) is 7.11 Å². The molecular weight excluding hydrogens is 267 g/mol. The van der Waals surface area contributed by atoms with Crippen LogP contribution in [0.2, 0.25) is 0 Å². The second-order valence-electron chi connectivity index (χ2n) is 4.31. The van der Waals surface area contributed by atoms with Crippen LogP contribution in [0.25, 0.3) is 0 Å². The van der Waals surface area contributed by atoms with Crippen molar-refractivity contribution < 1.29 is 17.9 Å². The van der Waals surface area contributed by atoms with Crippen molar-refractivity contribution in [2.45, 2.75) is 13.1 Å². The maximum Gasteiger partial charge on any atom is 0.161 e. The van der Waals surface area contributed by atoms with Gasteiger partial charge in [-0.2, -0.15) is 0 Å². The second-order valence-corrected chi connectivity index (χ2v) is 4.31. The Labute approximate surface area is 115 Å². The third-order valence-corrected chi connectivity index (χ3v) is 2.89. The third-order valence-electron chi connectivity index (χ3n) is 2.89. The lowest BCUT2D eigenvalue weighted by Gasteiger charge is -2.07. The van der Waals surface area contributed by atoms with Gasteiger partial charge in [0.25, 0.3) is 0 Å². The van der Waals surface area contributed by atoms with E-state index >= 15 is 0 Å². The molecule has 20 heavy (non-hydrogen) atoms. The summed E-state index contributed by atoms with van der Waals surface area (Å²) in [5.74, 6) is -2.24. The molecule has 0 spiro atoms. The number of rotatable bonds is 5. The molecule has 2 aromatic carbocycles. The summed E-state index contributed by atoms with van der Waals surface area (Å²) in [5, 5.41) is 2.97. The van der Waals surface area contributed by atoms with Crippen molar-refractivity contribution >= 4 is 0 Å². The van der Waals surface area contributed by atoms with Gasteiger partial charge in [-0.1, -0.05) is 12.1 Å². The first-order valence-electron chi connectivity index (χ1n) is 6.07. The Kier molecular flexibility index (Phi) is 4.63. The number of hydrogen-bond donors (Lipinski definition) is 1. The fraction of sp³-hybridized carbons (Fsp3) is 0.200. The van der Waals surface area contributed by atoms with Crippen molar-refractivity contribution in [3.8, 4) is 5.75 Å². The predicted molar refractivity (Wildman–Crippen MR) is 69.9 cm³/mol. The van der Waals surface area contributed by atoms with Crippen LogP contribution in [0.4, 0.5) is 13.2 Å². The van der Waals surface area contributed by atoms with Crippen LogP contribution in [-0.4, -0.2) is 7.11 Å². The zero-order valence-electron chi connectivity index (χ0n) is 10.9. The summed E-state index contributed by atoms with van der Waals surface area (Å²) >= 11 is 0. The standard InChI is InChI=1S/C15H14F3NO/c1-20-12-4-2-10(3-5-12)8-19-9-11-6-14(17)15(18)7-13(11)16/h2-7,19H,8-9H2,1H3. The topological polar surface area (TPSA) is 21.3 Å². The van der Waals surface area contributed by atoms with Crippen LogP contribution >= 0.6 is 0 Å². The van der Waals surface area contributed by atoms with Gasteiger partial charge in [0.05, 0.1) is 7.11 Å². The van der Waals surface area contributed by atoms with Crippen LogP contribution in [0.3, 0.4) is 0 Å². The van der Waals surface area contributed by atoms with E-state index in [9.17, 15) is 13.2 Å². The highest BCUT2D eigenvalue weighted by atomic mass is 19.2. The van der Waals surface area contributed by atoms with Crippen LogP contribution < -0.4 is 10.1 Å². The molecular formula is C15H14F3NO. The Balaban J connectivity index is 1.94. The van der Waals surface area contributed by atoms with Gasteiger partial charge in [0.15, 0.2) is 11.6 Å². The summed E-state index contributed by atoms with van der Waals surface area (Å²) in [6.07, 6.45) is 0. The minimum absolute atomic E-state index is 0.0948. The molecule has 0 unspecified atom stereocenters. The third kappa shape index (κ3) is 3.51. The Hall–Kier alpha value is -2.01. The molecule has 0 aliphatic heterocycles. The molecule has 0 amide bonds. The maximum atomic E-state index is 13.4. The first-order valence-corrected chi connectivity index (χ1v) is 6.07. The lowest BCUT2D eigenvalue weighted by molar-refractivity contribution is 0.414. The van der Waals surface area contributed by atoms with Gasteiger partial charge in [0.1, 0.15) is 11.6 Å². The van der Waals surface area contributed by atoms with Gasteiger partial charge in [-0.3, -0.25) is 0 Å². The number of benzene rings is 2. The Morgan fingerprint density at radius 3 is 2.20 bits per heavy atom. The first-order chi connectivity index (χ1) is 9.60. The number of halogens is 3. The van der Waals surface area contributed by atoms with Crippen molar-refractivity contribution in [1.29, 1.82) is 0 Å². The van der Waals surface area contributed by atoms with Gasteiger partial charge in [-0.05, 0) is 23.8 Å². The average Bonchev–Trinajstić information content (AvgIpc) is 2.45. The summed E-state index contributed by atoms with van der Waals surface area (Å²) < 4.78 is 44.2. The van der Waals surface area contributed by atoms with Gasteiger partial charge >= 0.3 is 0 Å². The van der Waals surface area contributed by atoms with Gasteiger partial charge in [-0.25, -0.2) is 13.2 Å². The van der Waals surface area contributed by atoms with E-state index in [1.54, 1.807) is 7.11 Å². The van der Waals surface area contributed by atoms with Crippen molar-refractivity contribution in [2.24, 2.45) is 0 Å². The largest absolute Gasteiger partial charge is 0.497 e. The van der Waals surface area contributed by atoms with E-state index in [1.165, 1.54) is 0 Å². The molecule has 2 rings (SSSR count). The Morgan fingerprint density at radius 2 is 1.55 bits per heavy atom. The highest BCUT2D eigenvalue weighted by Crippen LogP contribution is 2.14. The van der Waals surface area contributed by atoms with E-state index in [4.69, 9.17) is 4.74 Å². The lowest BCUT2D eigenvalue weighted by Crippen LogP contribution is -2.14. The summed E-state index contributed by atoms with van der Waals surface area (Å²) in [7, 11) is 1.58. The molecule has 0 aliphatic carbocycles. The summed E-state index contributed by atoms with van der Waals surface area (Å²) in [6, 6.07) is 8.79. The Morgan fingerprint density at radius 1 is 0.900 bits per heavy atom. The van der Waals surface area contributed by atoms with Crippen molar-refractivity contribution in [3.05, 3.63) is 65.0 Å². The molecule has 1 N–H and O–H groups in total. The number of hydrogen-bond acceptors (Lipinski definition) is 2. The maximum absolute atomic E-state index is 13.4. The van der Waals surface area contributed by atoms with E-state index in [0.717, 1.165) is 17.4 Å². The predicted octanol–water partition coefficient (Wildman–Crippen LogP) is 3.40. The molecule has 0 radical (unpaired) electrons. The molecule has 0 atom stereocenters. The molecule has 0 saturated heterocycles. The van der Waals surface area contributed by atoms with Gasteiger partial charge in [0.2, 0.25) is 0 Å². The van der Waals surface area contributed by atoms with Crippen LogP contribution in [0.15, 0.2) is 36.4 Å². The lowest BCUT2D eigenvalue weighted by atomic mass is 10.2. The first kappa shape index (κ1) is 14.4. The van der Waals surface area contributed by atoms with Gasteiger partial charge in [0, 0.05) is 24.7 Å². The monoisotopic (exact) mass is 281 g/mol. The number of methoxy groups -OCH3 is 1. The highest BCUT2D eigenvalue weighted by Gasteiger charge is 2.09. The van der Waals surface area contributed by atoms with Crippen LogP contribution in [0.1, 0.15) is 11.1 Å². The van der Waals surface area contributed by atoms with E-state index in [2.05, 4.69) is 5.32 Å². The normalized spacial score (nSPS) is 10.6. The molecule has 2 nitrogen and oxygen atoms in total. The molecule has 0 aliphatic rings. The zero-order valence-corrected chi connectivity index (χ0v) is 10.9. The summed E-state index contributed by atoms with van der Waals surface area (Å²) in [6.45, 7) is 0.609. The number of ether oxygens (including phenoxy) is 1. The van der Waals surface area contributed by atoms with Crippen LogP contribution in [0, 0.1) is 17.5 Å². The molecule has 0 bridgehead atoms. The van der Waals surface area contributed by atoms with Crippen LogP contribution in [-0.2, 0) is 13.1 Å². The smallest absolute Gasteiger partial charge is 0.161 e.